The van der Waals surface area contributed by atoms with Gasteiger partial charge in [0.05, 0.1) is 10.5 Å². The van der Waals surface area contributed by atoms with E-state index in [1.165, 1.54) is 0 Å². The maximum Gasteiger partial charge on any atom is 0.416 e. The third kappa shape index (κ3) is 6.37. The third-order valence-electron chi connectivity index (χ3n) is 5.43. The molecule has 0 saturated carbocycles. The lowest BCUT2D eigenvalue weighted by Crippen LogP contribution is -2.49. The Labute approximate surface area is 198 Å². The van der Waals surface area contributed by atoms with Crippen molar-refractivity contribution in [2.24, 2.45) is 0 Å². The predicted molar refractivity (Wildman–Crippen MR) is 120 cm³/mol. The molecule has 0 unspecified atom stereocenters. The second-order valence-electron chi connectivity index (χ2n) is 7.69. The van der Waals surface area contributed by atoms with Crippen molar-refractivity contribution in [2.45, 2.75) is 19.0 Å². The topological polar surface area (TPSA) is 95.8 Å². The highest BCUT2D eigenvalue weighted by Crippen LogP contribution is 2.36. The molecule has 1 saturated heterocycles. The van der Waals surface area contributed by atoms with E-state index in [0.29, 0.717) is 29.6 Å². The Bertz CT molecular complexity index is 1060. The van der Waals surface area contributed by atoms with Crippen molar-refractivity contribution in [3.8, 4) is 0 Å². The van der Waals surface area contributed by atoms with Crippen molar-refractivity contribution in [1.82, 2.24) is 10.2 Å². The van der Waals surface area contributed by atoms with E-state index in [1.807, 2.05) is 0 Å². The van der Waals surface area contributed by atoms with Crippen molar-refractivity contribution in [3.05, 3.63) is 68.7 Å². The average Bonchev–Trinajstić information content (AvgIpc) is 2.81. The molecule has 0 bridgehead atoms. The zero-order valence-electron chi connectivity index (χ0n) is 18.0. The summed E-state index contributed by atoms with van der Waals surface area (Å²) < 4.78 is 38.7. The first-order valence-corrected chi connectivity index (χ1v) is 10.9. The first-order valence-electron chi connectivity index (χ1n) is 10.5. The number of nitrogens with one attached hydrogen (secondary N) is 1. The number of hydrogen-bond donors (Lipinski definition) is 1. The van der Waals surface area contributed by atoms with Crippen LogP contribution >= 0.6 is 11.6 Å². The number of anilines is 1. The smallest absolute Gasteiger partial charge is 0.362 e. The van der Waals surface area contributed by atoms with Gasteiger partial charge in [-0.3, -0.25) is 19.7 Å². The number of carbonyl (C=O) groups excluding carboxylic acids is 2. The van der Waals surface area contributed by atoms with Crippen LogP contribution in [0.15, 0.2) is 42.5 Å². The molecule has 2 amide bonds. The molecule has 12 heteroatoms. The molecule has 1 fully saturated rings. The lowest BCUT2D eigenvalue weighted by Gasteiger charge is -2.36. The zero-order chi connectivity index (χ0) is 24.9. The number of rotatable bonds is 7. The van der Waals surface area contributed by atoms with Crippen molar-refractivity contribution in [1.29, 1.82) is 0 Å². The fourth-order valence-corrected chi connectivity index (χ4v) is 3.74. The van der Waals surface area contributed by atoms with Crippen LogP contribution in [0.25, 0.3) is 0 Å². The lowest BCUT2D eigenvalue weighted by atomic mass is 10.1. The van der Waals surface area contributed by atoms with Crippen LogP contribution in [0.2, 0.25) is 5.02 Å². The van der Waals surface area contributed by atoms with E-state index in [0.717, 1.165) is 12.1 Å². The molecule has 0 spiro atoms. The van der Waals surface area contributed by atoms with E-state index in [-0.39, 0.29) is 50.1 Å². The van der Waals surface area contributed by atoms with Gasteiger partial charge in [-0.05, 0) is 42.8 Å². The summed E-state index contributed by atoms with van der Waals surface area (Å²) in [7, 11) is 0. The first kappa shape index (κ1) is 25.3. The average molecular weight is 499 g/mol. The quantitative estimate of drug-likeness (QED) is 0.352. The van der Waals surface area contributed by atoms with Gasteiger partial charge in [-0.2, -0.15) is 13.2 Å². The largest absolute Gasteiger partial charge is 0.416 e. The number of nitrogens with zero attached hydrogens (tertiary/aromatic N) is 3. The second kappa shape index (κ2) is 10.7. The SMILES string of the molecule is O=C(NCCCC(=O)N1CCN(c2ccc(C(F)(F)F)cc2[N+](=O)[O-])CC1)c1ccc(Cl)cc1. The van der Waals surface area contributed by atoms with E-state index < -0.39 is 22.4 Å². The van der Waals surface area contributed by atoms with Crippen molar-refractivity contribution < 1.29 is 27.7 Å². The molecule has 0 aromatic heterocycles. The number of halogens is 4. The number of nitro benzene ring substituents is 1. The normalized spacial score (nSPS) is 14.1. The predicted octanol–water partition coefficient (Wildman–Crippen LogP) is 4.13. The van der Waals surface area contributed by atoms with Gasteiger partial charge in [-0.1, -0.05) is 11.6 Å². The molecule has 34 heavy (non-hydrogen) atoms. The van der Waals surface area contributed by atoms with E-state index in [4.69, 9.17) is 11.6 Å². The minimum atomic E-state index is -4.68. The minimum Gasteiger partial charge on any atom is -0.362 e. The molecule has 8 nitrogen and oxygen atoms in total. The summed E-state index contributed by atoms with van der Waals surface area (Å²) in [4.78, 5) is 38.2. The summed E-state index contributed by atoms with van der Waals surface area (Å²) in [6.07, 6.45) is -4.03. The van der Waals surface area contributed by atoms with E-state index >= 15 is 0 Å². The third-order valence-corrected chi connectivity index (χ3v) is 5.68. The summed E-state index contributed by atoms with van der Waals surface area (Å²) in [5, 5.41) is 14.6. The molecule has 3 rings (SSSR count). The van der Waals surface area contributed by atoms with Crippen LogP contribution in [0.4, 0.5) is 24.5 Å². The van der Waals surface area contributed by atoms with Crippen LogP contribution in [0, 0.1) is 10.1 Å². The molecule has 182 valence electrons. The van der Waals surface area contributed by atoms with Gasteiger partial charge in [0.2, 0.25) is 5.91 Å². The maximum absolute atomic E-state index is 12.9. The van der Waals surface area contributed by atoms with Crippen molar-refractivity contribution >= 4 is 34.8 Å². The van der Waals surface area contributed by atoms with Gasteiger partial charge in [0.15, 0.2) is 0 Å². The molecule has 2 aromatic rings. The highest BCUT2D eigenvalue weighted by atomic mass is 35.5. The summed E-state index contributed by atoms with van der Waals surface area (Å²) in [6.45, 7) is 1.39. The van der Waals surface area contributed by atoms with Gasteiger partial charge >= 0.3 is 6.18 Å². The fraction of sp³-hybridized carbons (Fsp3) is 0.364. The molecule has 0 atom stereocenters. The Balaban J connectivity index is 1.48. The van der Waals surface area contributed by atoms with Crippen LogP contribution in [0.1, 0.15) is 28.8 Å². The Morgan fingerprint density at radius 1 is 1.06 bits per heavy atom. The van der Waals surface area contributed by atoms with Gasteiger partial charge in [0.25, 0.3) is 11.6 Å². The molecule has 1 heterocycles. The molecule has 0 radical (unpaired) electrons. The van der Waals surface area contributed by atoms with E-state index in [9.17, 15) is 32.9 Å². The van der Waals surface area contributed by atoms with Crippen molar-refractivity contribution in [2.75, 3.05) is 37.6 Å². The van der Waals surface area contributed by atoms with Crippen LogP contribution in [-0.4, -0.2) is 54.4 Å². The number of alkyl halides is 3. The number of carbonyl (C=O) groups is 2. The van der Waals surface area contributed by atoms with Crippen LogP contribution in [-0.2, 0) is 11.0 Å². The Kier molecular flexibility index (Phi) is 7.98. The summed E-state index contributed by atoms with van der Waals surface area (Å²) in [6, 6.07) is 8.87. The molecule has 1 N–H and O–H groups in total. The minimum absolute atomic E-state index is 0.0926. The first-order chi connectivity index (χ1) is 16.1. The number of nitro groups is 1. The Hall–Kier alpha value is -3.34. The standard InChI is InChI=1S/C22H22ClF3N4O4/c23-17-6-3-15(4-7-17)21(32)27-9-1-2-20(31)29-12-10-28(11-13-29)18-8-5-16(22(24,25)26)14-19(18)30(33)34/h3-8,14H,1-2,9-13H2,(H,27,32). The highest BCUT2D eigenvalue weighted by molar-refractivity contribution is 6.30. The monoisotopic (exact) mass is 498 g/mol. The molecule has 0 aliphatic carbocycles. The number of piperazine rings is 1. The second-order valence-corrected chi connectivity index (χ2v) is 8.13. The summed E-state index contributed by atoms with van der Waals surface area (Å²) >= 11 is 5.79. The van der Waals surface area contributed by atoms with Gasteiger partial charge in [0.1, 0.15) is 5.69 Å². The Morgan fingerprint density at radius 3 is 2.29 bits per heavy atom. The van der Waals surface area contributed by atoms with Crippen LogP contribution in [0.5, 0.6) is 0 Å². The van der Waals surface area contributed by atoms with Gasteiger partial charge in [-0.15, -0.1) is 0 Å². The Morgan fingerprint density at radius 2 is 1.71 bits per heavy atom. The highest BCUT2D eigenvalue weighted by Gasteiger charge is 2.34. The lowest BCUT2D eigenvalue weighted by molar-refractivity contribution is -0.384. The molecule has 1 aliphatic heterocycles. The number of hydrogen-bond acceptors (Lipinski definition) is 5. The maximum atomic E-state index is 12.9. The molecule has 1 aliphatic rings. The molecular weight excluding hydrogens is 477 g/mol. The molecular formula is C22H22ClF3N4O4. The fourth-order valence-electron chi connectivity index (χ4n) is 3.61. The van der Waals surface area contributed by atoms with Crippen LogP contribution in [0.3, 0.4) is 0 Å². The number of amides is 2. The molecule has 2 aromatic carbocycles. The van der Waals surface area contributed by atoms with Gasteiger partial charge in [0, 0.05) is 55.8 Å². The van der Waals surface area contributed by atoms with Gasteiger partial charge in [-0.25, -0.2) is 0 Å². The zero-order valence-corrected chi connectivity index (χ0v) is 18.7. The van der Waals surface area contributed by atoms with Gasteiger partial charge < -0.3 is 15.1 Å². The summed E-state index contributed by atoms with van der Waals surface area (Å²) in [5.41, 5.74) is -1.15. The van der Waals surface area contributed by atoms with Crippen LogP contribution < -0.4 is 10.2 Å². The van der Waals surface area contributed by atoms with E-state index in [1.54, 1.807) is 34.1 Å². The number of benzene rings is 2. The van der Waals surface area contributed by atoms with E-state index in [2.05, 4.69) is 5.32 Å². The van der Waals surface area contributed by atoms with Crippen molar-refractivity contribution in [3.63, 3.8) is 0 Å². The summed E-state index contributed by atoms with van der Waals surface area (Å²) in [5.74, 6) is -0.391.